The topological polar surface area (TPSA) is 46.5 Å². The van der Waals surface area contributed by atoms with E-state index in [1.165, 1.54) is 32.1 Å². The standard InChI is InChI=1S/C28H31N3O/c1-2-3-4-5-6-11-20-32-23-18-16-22(17-19-23)21-29-31-28-24-12-7-9-14-26(24)30-27-15-10-8-13-25(27)28/h7-10,12-19,21H,2-6,11,20H2,1H3,(H,30,31)/b29-21+. The Morgan fingerprint density at radius 3 is 2.09 bits per heavy atom. The van der Waals surface area contributed by atoms with Crippen LogP contribution in [-0.4, -0.2) is 17.8 Å². The van der Waals surface area contributed by atoms with Gasteiger partial charge in [-0.05, 0) is 48.4 Å². The molecular weight excluding hydrogens is 394 g/mol. The van der Waals surface area contributed by atoms with Gasteiger partial charge in [-0.2, -0.15) is 5.10 Å². The van der Waals surface area contributed by atoms with Crippen LogP contribution in [0.2, 0.25) is 0 Å². The van der Waals surface area contributed by atoms with Crippen LogP contribution in [0.1, 0.15) is 51.0 Å². The first-order valence-corrected chi connectivity index (χ1v) is 11.6. The van der Waals surface area contributed by atoms with Gasteiger partial charge in [-0.1, -0.05) is 75.4 Å². The van der Waals surface area contributed by atoms with E-state index in [9.17, 15) is 0 Å². The monoisotopic (exact) mass is 425 g/mol. The minimum absolute atomic E-state index is 0.781. The molecule has 0 aliphatic rings. The van der Waals surface area contributed by atoms with Crippen molar-refractivity contribution < 1.29 is 4.74 Å². The van der Waals surface area contributed by atoms with E-state index in [0.29, 0.717) is 0 Å². The lowest BCUT2D eigenvalue weighted by molar-refractivity contribution is 0.304. The fraction of sp³-hybridized carbons (Fsp3) is 0.286. The minimum atomic E-state index is 0.781. The smallest absolute Gasteiger partial charge is 0.119 e. The van der Waals surface area contributed by atoms with Crippen molar-refractivity contribution in [3.05, 3.63) is 78.4 Å². The molecule has 0 fully saturated rings. The number of aromatic nitrogens is 1. The molecule has 0 bridgehead atoms. The first-order valence-electron chi connectivity index (χ1n) is 11.6. The number of benzene rings is 3. The molecule has 4 rings (SSSR count). The molecule has 0 aliphatic carbocycles. The second-order valence-electron chi connectivity index (χ2n) is 8.08. The normalized spacial score (nSPS) is 11.4. The van der Waals surface area contributed by atoms with Gasteiger partial charge in [-0.25, -0.2) is 4.98 Å². The molecule has 0 amide bonds. The molecule has 1 aromatic heterocycles. The number of unbranched alkanes of at least 4 members (excludes halogenated alkanes) is 5. The zero-order valence-electron chi connectivity index (χ0n) is 18.8. The van der Waals surface area contributed by atoms with Crippen LogP contribution in [0.25, 0.3) is 21.8 Å². The van der Waals surface area contributed by atoms with E-state index in [-0.39, 0.29) is 0 Å². The molecule has 0 atom stereocenters. The number of nitrogens with zero attached hydrogens (tertiary/aromatic N) is 2. The predicted molar refractivity (Wildman–Crippen MR) is 136 cm³/mol. The Hall–Kier alpha value is -3.40. The molecule has 0 aliphatic heterocycles. The summed E-state index contributed by atoms with van der Waals surface area (Å²) < 4.78 is 5.87. The lowest BCUT2D eigenvalue weighted by atomic mass is 10.1. The molecule has 32 heavy (non-hydrogen) atoms. The molecule has 1 N–H and O–H groups in total. The number of hydrazone groups is 1. The molecule has 0 saturated carbocycles. The third-order valence-corrected chi connectivity index (χ3v) is 5.62. The molecule has 0 unspecified atom stereocenters. The number of fused-ring (bicyclic) bond motifs is 2. The highest BCUT2D eigenvalue weighted by molar-refractivity contribution is 6.07. The van der Waals surface area contributed by atoms with Gasteiger partial charge in [0.1, 0.15) is 5.75 Å². The van der Waals surface area contributed by atoms with Crippen molar-refractivity contribution in [1.82, 2.24) is 4.98 Å². The predicted octanol–water partition coefficient (Wildman–Crippen LogP) is 7.57. The van der Waals surface area contributed by atoms with Gasteiger partial charge in [0.25, 0.3) is 0 Å². The largest absolute Gasteiger partial charge is 0.494 e. The van der Waals surface area contributed by atoms with E-state index < -0.39 is 0 Å². The van der Waals surface area contributed by atoms with Crippen LogP contribution in [0.3, 0.4) is 0 Å². The Bertz CT molecular complexity index is 1110. The Morgan fingerprint density at radius 2 is 1.41 bits per heavy atom. The summed E-state index contributed by atoms with van der Waals surface area (Å²) >= 11 is 0. The van der Waals surface area contributed by atoms with E-state index >= 15 is 0 Å². The summed E-state index contributed by atoms with van der Waals surface area (Å²) in [7, 11) is 0. The Labute approximate surface area is 190 Å². The van der Waals surface area contributed by atoms with Crippen LogP contribution < -0.4 is 10.2 Å². The van der Waals surface area contributed by atoms with Crippen molar-refractivity contribution in [2.24, 2.45) is 5.10 Å². The van der Waals surface area contributed by atoms with E-state index in [1.54, 1.807) is 0 Å². The van der Waals surface area contributed by atoms with Gasteiger partial charge in [0, 0.05) is 10.8 Å². The van der Waals surface area contributed by atoms with Crippen LogP contribution in [0.4, 0.5) is 5.69 Å². The average Bonchev–Trinajstić information content (AvgIpc) is 2.84. The van der Waals surface area contributed by atoms with Gasteiger partial charge >= 0.3 is 0 Å². The van der Waals surface area contributed by atoms with Gasteiger partial charge < -0.3 is 4.74 Å². The molecule has 0 spiro atoms. The molecular formula is C28H31N3O. The zero-order chi connectivity index (χ0) is 22.0. The summed E-state index contributed by atoms with van der Waals surface area (Å²) in [6, 6.07) is 24.3. The second-order valence-corrected chi connectivity index (χ2v) is 8.08. The van der Waals surface area contributed by atoms with Crippen LogP contribution in [0.5, 0.6) is 5.75 Å². The van der Waals surface area contributed by atoms with Gasteiger partial charge in [-0.3, -0.25) is 5.43 Å². The van der Waals surface area contributed by atoms with Crippen LogP contribution in [-0.2, 0) is 0 Å². The maximum absolute atomic E-state index is 5.87. The summed E-state index contributed by atoms with van der Waals surface area (Å²) in [6.45, 7) is 3.03. The Morgan fingerprint density at radius 1 is 0.781 bits per heavy atom. The third kappa shape index (κ3) is 5.64. The van der Waals surface area contributed by atoms with Crippen molar-refractivity contribution in [3.8, 4) is 5.75 Å². The number of anilines is 1. The second kappa shape index (κ2) is 11.3. The van der Waals surface area contributed by atoms with Crippen LogP contribution >= 0.6 is 0 Å². The fourth-order valence-corrected chi connectivity index (χ4v) is 3.85. The van der Waals surface area contributed by atoms with Gasteiger partial charge in [0.2, 0.25) is 0 Å². The molecule has 1 heterocycles. The number of hydrogen-bond acceptors (Lipinski definition) is 4. The van der Waals surface area contributed by atoms with Gasteiger partial charge in [-0.15, -0.1) is 0 Å². The third-order valence-electron chi connectivity index (χ3n) is 5.62. The van der Waals surface area contributed by atoms with E-state index in [1.807, 2.05) is 66.9 Å². The summed E-state index contributed by atoms with van der Waals surface area (Å²) in [5.74, 6) is 0.912. The SMILES string of the molecule is CCCCCCCCOc1ccc(/C=N/Nc2c3ccccc3nc3ccccc23)cc1. The fourth-order valence-electron chi connectivity index (χ4n) is 3.85. The maximum atomic E-state index is 5.87. The molecule has 164 valence electrons. The molecule has 0 radical (unpaired) electrons. The Kier molecular flexibility index (Phi) is 7.69. The number of hydrogen-bond donors (Lipinski definition) is 1. The summed E-state index contributed by atoms with van der Waals surface area (Å²) in [5.41, 5.74) is 7.16. The number of rotatable bonds is 11. The molecule has 0 saturated heterocycles. The highest BCUT2D eigenvalue weighted by atomic mass is 16.5. The zero-order valence-corrected chi connectivity index (χ0v) is 18.8. The van der Waals surface area contributed by atoms with Crippen molar-refractivity contribution in [3.63, 3.8) is 0 Å². The summed E-state index contributed by atoms with van der Waals surface area (Å²) in [4.78, 5) is 4.76. The number of para-hydroxylation sites is 2. The van der Waals surface area contributed by atoms with E-state index in [2.05, 4.69) is 29.6 Å². The van der Waals surface area contributed by atoms with E-state index in [0.717, 1.165) is 51.8 Å². The molecule has 4 aromatic rings. The van der Waals surface area contributed by atoms with Crippen molar-refractivity contribution in [1.29, 1.82) is 0 Å². The van der Waals surface area contributed by atoms with Gasteiger partial charge in [0.15, 0.2) is 0 Å². The first kappa shape index (κ1) is 21.8. The van der Waals surface area contributed by atoms with Crippen LogP contribution in [0.15, 0.2) is 77.9 Å². The Balaban J connectivity index is 1.37. The van der Waals surface area contributed by atoms with Crippen molar-refractivity contribution in [2.45, 2.75) is 45.4 Å². The molecule has 4 nitrogen and oxygen atoms in total. The van der Waals surface area contributed by atoms with Crippen LogP contribution in [0, 0.1) is 0 Å². The van der Waals surface area contributed by atoms with Crippen molar-refractivity contribution >= 4 is 33.7 Å². The summed E-state index contributed by atoms with van der Waals surface area (Å²) in [5, 5.41) is 6.62. The quantitative estimate of drug-likeness (QED) is 0.117. The molecule has 3 aromatic carbocycles. The van der Waals surface area contributed by atoms with E-state index in [4.69, 9.17) is 9.72 Å². The highest BCUT2D eigenvalue weighted by Crippen LogP contribution is 2.30. The first-order chi connectivity index (χ1) is 15.8. The lowest BCUT2D eigenvalue weighted by Crippen LogP contribution is -1.98. The highest BCUT2D eigenvalue weighted by Gasteiger charge is 2.07. The van der Waals surface area contributed by atoms with Gasteiger partial charge in [0.05, 0.1) is 29.5 Å². The number of pyridine rings is 1. The summed E-state index contributed by atoms with van der Waals surface area (Å²) in [6.07, 6.45) is 9.47. The maximum Gasteiger partial charge on any atom is 0.119 e. The average molecular weight is 426 g/mol. The van der Waals surface area contributed by atoms with Crippen molar-refractivity contribution in [2.75, 3.05) is 12.0 Å². The number of nitrogens with one attached hydrogen (secondary N) is 1. The molecule has 4 heteroatoms. The minimum Gasteiger partial charge on any atom is -0.494 e. The number of ether oxygens (including phenoxy) is 1. The lowest BCUT2D eigenvalue weighted by Gasteiger charge is -2.10.